The van der Waals surface area contributed by atoms with Gasteiger partial charge in [-0.15, -0.1) is 0 Å². The topological polar surface area (TPSA) is 89.7 Å². The third-order valence-corrected chi connectivity index (χ3v) is 5.40. The second kappa shape index (κ2) is 8.89. The van der Waals surface area contributed by atoms with E-state index in [-0.39, 0.29) is 18.7 Å². The van der Waals surface area contributed by atoms with E-state index in [1.54, 1.807) is 24.4 Å². The Labute approximate surface area is 176 Å². The van der Waals surface area contributed by atoms with Crippen molar-refractivity contribution in [3.05, 3.63) is 75.6 Å². The molecular formula is C22H27BN2O5. The number of carbonyl (C=O) groups excluding carboxylic acids is 1. The van der Waals surface area contributed by atoms with Gasteiger partial charge in [-0.25, -0.2) is 4.79 Å². The molecule has 2 N–H and O–H groups in total. The summed E-state index contributed by atoms with van der Waals surface area (Å²) < 4.78 is 17.5. The van der Waals surface area contributed by atoms with E-state index in [1.807, 2.05) is 58.0 Å². The molecule has 1 aromatic carbocycles. The van der Waals surface area contributed by atoms with Crippen molar-refractivity contribution in [2.24, 2.45) is 0 Å². The molecule has 0 radical (unpaired) electrons. The number of nitrogens with one attached hydrogen (secondary N) is 2. The Balaban J connectivity index is 1.73. The molecular weight excluding hydrogens is 383 g/mol. The predicted octanol–water partition coefficient (Wildman–Crippen LogP) is 3.32. The number of aromatic amines is 1. The number of rotatable bonds is 6. The van der Waals surface area contributed by atoms with Crippen molar-refractivity contribution < 1.29 is 18.8 Å². The van der Waals surface area contributed by atoms with Crippen molar-refractivity contribution in [1.82, 2.24) is 10.3 Å². The maximum atomic E-state index is 12.2. The number of H-pyrrole nitrogens is 1. The smallest absolute Gasteiger partial charge is 0.445 e. The van der Waals surface area contributed by atoms with Crippen molar-refractivity contribution in [2.45, 2.75) is 45.5 Å². The van der Waals surface area contributed by atoms with Crippen molar-refractivity contribution in [3.63, 3.8) is 0 Å². The average molecular weight is 410 g/mol. The van der Waals surface area contributed by atoms with E-state index in [9.17, 15) is 9.59 Å². The zero-order chi connectivity index (χ0) is 21.8. The van der Waals surface area contributed by atoms with Gasteiger partial charge in [0.05, 0.1) is 11.2 Å². The molecule has 2 aromatic rings. The first-order valence-corrected chi connectivity index (χ1v) is 9.86. The first-order chi connectivity index (χ1) is 14.2. The van der Waals surface area contributed by atoms with Crippen molar-refractivity contribution >= 4 is 19.3 Å². The minimum Gasteiger partial charge on any atom is -0.445 e. The lowest BCUT2D eigenvalue weighted by Crippen LogP contribution is -2.41. The molecule has 2 heterocycles. The van der Waals surface area contributed by atoms with Gasteiger partial charge in [-0.2, -0.15) is 0 Å². The van der Waals surface area contributed by atoms with E-state index < -0.39 is 24.4 Å². The highest BCUT2D eigenvalue weighted by Crippen LogP contribution is 2.38. The minimum absolute atomic E-state index is 0.110. The molecule has 0 saturated carbocycles. The molecule has 0 aliphatic carbocycles. The molecule has 1 fully saturated rings. The zero-order valence-electron chi connectivity index (χ0n) is 17.7. The molecule has 8 heteroatoms. The van der Waals surface area contributed by atoms with Crippen LogP contribution in [0.5, 0.6) is 0 Å². The number of hydrogen-bond donors (Lipinski definition) is 2. The first kappa shape index (κ1) is 21.9. The Morgan fingerprint density at radius 2 is 1.77 bits per heavy atom. The van der Waals surface area contributed by atoms with Crippen molar-refractivity contribution in [1.29, 1.82) is 0 Å². The molecule has 30 heavy (non-hydrogen) atoms. The van der Waals surface area contributed by atoms with Crippen LogP contribution in [0.1, 0.15) is 38.8 Å². The van der Waals surface area contributed by atoms with Gasteiger partial charge in [-0.1, -0.05) is 36.4 Å². The van der Waals surface area contributed by atoms with Crippen LogP contribution in [0.25, 0.3) is 6.08 Å². The van der Waals surface area contributed by atoms with E-state index in [0.717, 1.165) is 5.56 Å². The minimum atomic E-state index is -0.705. The summed E-state index contributed by atoms with van der Waals surface area (Å²) in [6.07, 6.45) is 2.68. The van der Waals surface area contributed by atoms with E-state index in [1.165, 1.54) is 0 Å². The SMILES string of the molecule is CC1(C)OB(C(=Cc2ccc[nH]c2=O)CNC(=O)OCc2ccccc2)OC1(C)C. The summed E-state index contributed by atoms with van der Waals surface area (Å²) in [6.45, 7) is 8.06. The van der Waals surface area contributed by atoms with Crippen LogP contribution in [-0.2, 0) is 20.7 Å². The summed E-state index contributed by atoms with van der Waals surface area (Å²) in [7, 11) is -0.705. The molecule has 1 amide bonds. The number of alkyl carbamates (subject to hydrolysis) is 1. The van der Waals surface area contributed by atoms with Crippen LogP contribution in [-0.4, -0.2) is 35.9 Å². The predicted molar refractivity (Wildman–Crippen MR) is 116 cm³/mol. The summed E-state index contributed by atoms with van der Waals surface area (Å²) in [5.41, 5.74) is 0.619. The fraction of sp³-hybridized carbons (Fsp3) is 0.364. The second-order valence-corrected chi connectivity index (χ2v) is 8.18. The number of pyridine rings is 1. The Morgan fingerprint density at radius 1 is 1.10 bits per heavy atom. The van der Waals surface area contributed by atoms with Crippen molar-refractivity contribution in [3.8, 4) is 0 Å². The molecule has 1 aromatic heterocycles. The molecule has 7 nitrogen and oxygen atoms in total. The van der Waals surface area contributed by atoms with Crippen LogP contribution in [0.3, 0.4) is 0 Å². The largest absolute Gasteiger partial charge is 0.492 e. The highest BCUT2D eigenvalue weighted by Gasteiger charge is 2.52. The quantitative estimate of drug-likeness (QED) is 0.714. The molecule has 0 unspecified atom stereocenters. The van der Waals surface area contributed by atoms with Gasteiger partial charge in [0.25, 0.3) is 5.56 Å². The summed E-state index contributed by atoms with van der Waals surface area (Å²) in [6, 6.07) is 12.8. The Kier molecular flexibility index (Phi) is 6.48. The fourth-order valence-corrected chi connectivity index (χ4v) is 2.89. The molecule has 1 aliphatic heterocycles. The zero-order valence-corrected chi connectivity index (χ0v) is 17.7. The number of benzene rings is 1. The Morgan fingerprint density at radius 3 is 2.40 bits per heavy atom. The van der Waals surface area contributed by atoms with E-state index in [4.69, 9.17) is 14.0 Å². The highest BCUT2D eigenvalue weighted by atomic mass is 16.7. The van der Waals surface area contributed by atoms with Crippen molar-refractivity contribution in [2.75, 3.05) is 6.54 Å². The molecule has 0 spiro atoms. The van der Waals surface area contributed by atoms with Crippen LogP contribution >= 0.6 is 0 Å². The fourth-order valence-electron chi connectivity index (χ4n) is 2.89. The van der Waals surface area contributed by atoms with Crippen LogP contribution in [0, 0.1) is 0 Å². The van der Waals surface area contributed by atoms with Gasteiger partial charge < -0.3 is 24.3 Å². The number of ether oxygens (including phenoxy) is 1. The third kappa shape index (κ3) is 5.20. The molecule has 1 aliphatic rings. The van der Waals surface area contributed by atoms with Gasteiger partial charge in [0.2, 0.25) is 0 Å². The average Bonchev–Trinajstić information content (AvgIpc) is 2.92. The van der Waals surface area contributed by atoms with Gasteiger partial charge in [-0.3, -0.25) is 4.79 Å². The summed E-state index contributed by atoms with van der Waals surface area (Å²) in [4.78, 5) is 27.0. The maximum absolute atomic E-state index is 12.2. The lowest BCUT2D eigenvalue weighted by atomic mass is 9.77. The van der Waals surface area contributed by atoms with Crippen LogP contribution < -0.4 is 10.9 Å². The first-order valence-electron chi connectivity index (χ1n) is 9.86. The van der Waals surface area contributed by atoms with Gasteiger partial charge in [0, 0.05) is 18.3 Å². The van der Waals surface area contributed by atoms with Crippen LogP contribution in [0.2, 0.25) is 0 Å². The molecule has 158 valence electrons. The normalized spacial score (nSPS) is 17.6. The number of aromatic nitrogens is 1. The van der Waals surface area contributed by atoms with E-state index in [0.29, 0.717) is 11.0 Å². The lowest BCUT2D eigenvalue weighted by Gasteiger charge is -2.32. The molecule has 1 saturated heterocycles. The molecule has 0 bridgehead atoms. The van der Waals surface area contributed by atoms with E-state index >= 15 is 0 Å². The van der Waals surface area contributed by atoms with Gasteiger partial charge in [-0.05, 0) is 50.9 Å². The van der Waals surface area contributed by atoms with Gasteiger partial charge >= 0.3 is 13.2 Å². The maximum Gasteiger partial charge on any atom is 0.492 e. The Hall–Kier alpha value is -2.84. The standard InChI is InChI=1S/C22H27BN2O5/c1-21(2)22(3,4)30-23(29-21)18(13-17-11-8-12-24-19(17)26)14-25-20(27)28-15-16-9-6-5-7-10-16/h5-13H,14-15H2,1-4H3,(H,24,26)(H,25,27). The molecule has 3 rings (SSSR count). The molecule has 0 atom stereocenters. The number of carbonyl (C=O) groups is 1. The summed E-state index contributed by atoms with van der Waals surface area (Å²) in [5, 5.41) is 2.72. The third-order valence-electron chi connectivity index (χ3n) is 5.40. The van der Waals surface area contributed by atoms with Crippen LogP contribution in [0.4, 0.5) is 4.79 Å². The van der Waals surface area contributed by atoms with Crippen LogP contribution in [0.15, 0.2) is 58.9 Å². The summed E-state index contributed by atoms with van der Waals surface area (Å²) >= 11 is 0. The van der Waals surface area contributed by atoms with E-state index in [2.05, 4.69) is 10.3 Å². The van der Waals surface area contributed by atoms with Gasteiger partial charge in [0.1, 0.15) is 6.61 Å². The number of hydrogen-bond acceptors (Lipinski definition) is 5. The number of amides is 1. The van der Waals surface area contributed by atoms with Gasteiger partial charge in [0.15, 0.2) is 0 Å². The second-order valence-electron chi connectivity index (χ2n) is 8.18. The highest BCUT2D eigenvalue weighted by molar-refractivity contribution is 6.56. The summed E-state index contributed by atoms with van der Waals surface area (Å²) in [5.74, 6) is 0. The Bertz CT molecular complexity index is 953. The monoisotopic (exact) mass is 410 g/mol. The lowest BCUT2D eigenvalue weighted by molar-refractivity contribution is 0.00578.